The molecule has 0 aliphatic heterocycles. The molecule has 0 aliphatic rings. The Morgan fingerprint density at radius 1 is 1.12 bits per heavy atom. The van der Waals surface area contributed by atoms with Gasteiger partial charge in [0, 0.05) is 24.5 Å². The van der Waals surface area contributed by atoms with Gasteiger partial charge in [0.25, 0.3) is 5.91 Å². The normalized spacial score (nSPS) is 10.4. The molecule has 0 fully saturated rings. The van der Waals surface area contributed by atoms with Crippen LogP contribution in [0, 0.1) is 0 Å². The number of carbonyl (C=O) groups is 1. The molecule has 2 aromatic carbocycles. The molecule has 1 heterocycles. The van der Waals surface area contributed by atoms with Crippen LogP contribution < -0.4 is 4.74 Å². The zero-order valence-corrected chi connectivity index (χ0v) is 14.2. The number of amides is 1. The third kappa shape index (κ3) is 4.20. The average Bonchev–Trinajstić information content (AvgIpc) is 3.14. The molecule has 0 bridgehead atoms. The summed E-state index contributed by atoms with van der Waals surface area (Å²) in [6, 6.07) is 17.2. The van der Waals surface area contributed by atoms with Gasteiger partial charge >= 0.3 is 0 Å². The van der Waals surface area contributed by atoms with E-state index in [1.54, 1.807) is 33.9 Å². The summed E-state index contributed by atoms with van der Waals surface area (Å²) in [5.41, 5.74) is 4.44. The van der Waals surface area contributed by atoms with E-state index < -0.39 is 0 Å². The van der Waals surface area contributed by atoms with Crippen molar-refractivity contribution < 1.29 is 9.53 Å². The number of carbonyl (C=O) groups excluding carboxylic acids is 1. The molecule has 0 atom stereocenters. The first-order valence-corrected chi connectivity index (χ1v) is 8.56. The number of thiazole rings is 1. The number of rotatable bonds is 6. The highest BCUT2D eigenvalue weighted by atomic mass is 32.1. The standard InChI is InChI=1S/C19H18N2O2S/c1-21(11-15-5-3-2-4-6-15)19(22)16-7-9-18(10-8-16)23-12-17-13-24-14-20-17/h2-10,13-14H,11-12H2,1H3. The molecular weight excluding hydrogens is 320 g/mol. The summed E-state index contributed by atoms with van der Waals surface area (Å²) in [5.74, 6) is 0.718. The lowest BCUT2D eigenvalue weighted by Gasteiger charge is -2.17. The molecule has 0 saturated heterocycles. The molecule has 0 spiro atoms. The van der Waals surface area contributed by atoms with Gasteiger partial charge in [0.15, 0.2) is 0 Å². The molecule has 4 nitrogen and oxygen atoms in total. The van der Waals surface area contributed by atoms with Crippen LogP contribution in [0.1, 0.15) is 21.6 Å². The smallest absolute Gasteiger partial charge is 0.253 e. The van der Waals surface area contributed by atoms with Crippen LogP contribution in [-0.2, 0) is 13.2 Å². The molecule has 24 heavy (non-hydrogen) atoms. The molecule has 5 heteroatoms. The fourth-order valence-corrected chi connectivity index (χ4v) is 2.85. The summed E-state index contributed by atoms with van der Waals surface area (Å²) in [6.07, 6.45) is 0. The maximum atomic E-state index is 12.5. The summed E-state index contributed by atoms with van der Waals surface area (Å²) < 4.78 is 5.66. The number of ether oxygens (including phenoxy) is 1. The van der Waals surface area contributed by atoms with Gasteiger partial charge in [-0.25, -0.2) is 4.98 Å². The molecule has 1 aromatic heterocycles. The van der Waals surface area contributed by atoms with Gasteiger partial charge in [-0.15, -0.1) is 11.3 Å². The first-order chi connectivity index (χ1) is 11.7. The van der Waals surface area contributed by atoms with Crippen LogP contribution in [0.5, 0.6) is 5.75 Å². The van der Waals surface area contributed by atoms with Crippen molar-refractivity contribution in [3.8, 4) is 5.75 Å². The fraction of sp³-hybridized carbons (Fsp3) is 0.158. The molecule has 0 unspecified atom stereocenters. The van der Waals surface area contributed by atoms with Gasteiger partial charge in [0.1, 0.15) is 12.4 Å². The minimum absolute atomic E-state index is 0.00935. The summed E-state index contributed by atoms with van der Waals surface area (Å²) in [4.78, 5) is 18.4. The first-order valence-electron chi connectivity index (χ1n) is 7.62. The molecule has 122 valence electrons. The minimum Gasteiger partial charge on any atom is -0.487 e. The van der Waals surface area contributed by atoms with Crippen molar-refractivity contribution in [2.75, 3.05) is 7.05 Å². The lowest BCUT2D eigenvalue weighted by atomic mass is 10.1. The van der Waals surface area contributed by atoms with E-state index in [1.165, 1.54) is 0 Å². The summed E-state index contributed by atoms with van der Waals surface area (Å²) >= 11 is 1.54. The lowest BCUT2D eigenvalue weighted by molar-refractivity contribution is 0.0785. The van der Waals surface area contributed by atoms with E-state index in [1.807, 2.05) is 54.9 Å². The number of hydrogen-bond donors (Lipinski definition) is 0. The fourth-order valence-electron chi connectivity index (χ4n) is 2.31. The second kappa shape index (κ2) is 7.75. The van der Waals surface area contributed by atoms with Crippen molar-refractivity contribution in [1.82, 2.24) is 9.88 Å². The second-order valence-corrected chi connectivity index (χ2v) is 6.16. The van der Waals surface area contributed by atoms with Crippen molar-refractivity contribution in [3.63, 3.8) is 0 Å². The molecule has 3 aromatic rings. The zero-order valence-electron chi connectivity index (χ0n) is 13.4. The molecule has 0 saturated carbocycles. The van der Waals surface area contributed by atoms with Crippen LogP contribution in [-0.4, -0.2) is 22.8 Å². The first kappa shape index (κ1) is 16.2. The Morgan fingerprint density at radius 3 is 2.54 bits per heavy atom. The Morgan fingerprint density at radius 2 is 1.88 bits per heavy atom. The number of benzene rings is 2. The van der Waals surface area contributed by atoms with Crippen molar-refractivity contribution in [2.45, 2.75) is 13.2 Å². The third-order valence-corrected chi connectivity index (χ3v) is 4.22. The van der Waals surface area contributed by atoms with Crippen LogP contribution >= 0.6 is 11.3 Å². The van der Waals surface area contributed by atoms with Crippen molar-refractivity contribution in [2.24, 2.45) is 0 Å². The number of nitrogens with zero attached hydrogens (tertiary/aromatic N) is 2. The van der Waals surface area contributed by atoms with E-state index in [9.17, 15) is 4.79 Å². The van der Waals surface area contributed by atoms with Gasteiger partial charge in [-0.05, 0) is 29.8 Å². The van der Waals surface area contributed by atoms with Crippen LogP contribution in [0.3, 0.4) is 0 Å². The average molecular weight is 338 g/mol. The summed E-state index contributed by atoms with van der Waals surface area (Å²) in [7, 11) is 1.81. The Balaban J connectivity index is 1.58. The van der Waals surface area contributed by atoms with Gasteiger partial charge < -0.3 is 9.64 Å². The van der Waals surface area contributed by atoms with E-state index in [2.05, 4.69) is 4.98 Å². The Labute approximate surface area is 145 Å². The summed E-state index contributed by atoms with van der Waals surface area (Å²) in [5, 5.41) is 1.95. The van der Waals surface area contributed by atoms with Gasteiger partial charge in [0.2, 0.25) is 0 Å². The Bertz CT molecular complexity index is 771. The van der Waals surface area contributed by atoms with Crippen molar-refractivity contribution in [1.29, 1.82) is 0 Å². The maximum Gasteiger partial charge on any atom is 0.253 e. The molecule has 3 rings (SSSR count). The predicted molar refractivity (Wildman–Crippen MR) is 95.1 cm³/mol. The van der Waals surface area contributed by atoms with Crippen LogP contribution in [0.25, 0.3) is 0 Å². The van der Waals surface area contributed by atoms with Gasteiger partial charge in [-0.1, -0.05) is 30.3 Å². The Hall–Kier alpha value is -2.66. The maximum absolute atomic E-state index is 12.5. The van der Waals surface area contributed by atoms with Gasteiger partial charge in [0.05, 0.1) is 11.2 Å². The van der Waals surface area contributed by atoms with Crippen LogP contribution in [0.2, 0.25) is 0 Å². The quantitative estimate of drug-likeness (QED) is 0.682. The largest absolute Gasteiger partial charge is 0.487 e. The monoisotopic (exact) mass is 338 g/mol. The van der Waals surface area contributed by atoms with E-state index in [0.717, 1.165) is 17.0 Å². The minimum atomic E-state index is -0.00935. The SMILES string of the molecule is CN(Cc1ccccc1)C(=O)c1ccc(OCc2cscn2)cc1. The zero-order chi connectivity index (χ0) is 16.8. The highest BCUT2D eigenvalue weighted by Crippen LogP contribution is 2.16. The predicted octanol–water partition coefficient (Wildman–Crippen LogP) is 3.99. The molecule has 1 amide bonds. The van der Waals surface area contributed by atoms with E-state index in [4.69, 9.17) is 4.74 Å². The topological polar surface area (TPSA) is 42.4 Å². The molecular formula is C19H18N2O2S. The van der Waals surface area contributed by atoms with E-state index in [0.29, 0.717) is 18.7 Å². The van der Waals surface area contributed by atoms with E-state index in [-0.39, 0.29) is 5.91 Å². The highest BCUT2D eigenvalue weighted by Gasteiger charge is 2.12. The highest BCUT2D eigenvalue weighted by molar-refractivity contribution is 7.07. The summed E-state index contributed by atoms with van der Waals surface area (Å²) in [6.45, 7) is 1.02. The molecule has 0 N–H and O–H groups in total. The van der Waals surface area contributed by atoms with Crippen LogP contribution in [0.15, 0.2) is 65.5 Å². The third-order valence-electron chi connectivity index (χ3n) is 3.58. The molecule has 0 radical (unpaired) electrons. The van der Waals surface area contributed by atoms with Crippen molar-refractivity contribution in [3.05, 3.63) is 82.3 Å². The van der Waals surface area contributed by atoms with Crippen LogP contribution in [0.4, 0.5) is 0 Å². The van der Waals surface area contributed by atoms with Gasteiger partial charge in [-0.2, -0.15) is 0 Å². The van der Waals surface area contributed by atoms with Gasteiger partial charge in [-0.3, -0.25) is 4.79 Å². The van der Waals surface area contributed by atoms with E-state index >= 15 is 0 Å². The number of aromatic nitrogens is 1. The lowest BCUT2D eigenvalue weighted by Crippen LogP contribution is -2.26. The number of hydrogen-bond acceptors (Lipinski definition) is 4. The van der Waals surface area contributed by atoms with Crippen molar-refractivity contribution >= 4 is 17.2 Å². The second-order valence-electron chi connectivity index (χ2n) is 5.44. The molecule has 0 aliphatic carbocycles. The Kier molecular flexibility index (Phi) is 5.23.